The summed E-state index contributed by atoms with van der Waals surface area (Å²) in [5, 5.41) is 8.67. The maximum absolute atomic E-state index is 13.0. The summed E-state index contributed by atoms with van der Waals surface area (Å²) in [5.74, 6) is -0.683. The first-order valence-electron chi connectivity index (χ1n) is 9.51. The average Bonchev–Trinajstić information content (AvgIpc) is 3.13. The lowest BCUT2D eigenvalue weighted by Gasteiger charge is -2.08. The number of aryl methyl sites for hydroxylation is 1. The number of carbonyl (C=O) groups excluding carboxylic acids is 1. The van der Waals surface area contributed by atoms with Crippen LogP contribution in [0.2, 0.25) is 0 Å². The van der Waals surface area contributed by atoms with Crippen molar-refractivity contribution < 1.29 is 17.6 Å². The maximum Gasteiger partial charge on any atom is 0.276 e. The van der Waals surface area contributed by atoms with E-state index in [4.69, 9.17) is 0 Å². The van der Waals surface area contributed by atoms with E-state index in [0.717, 1.165) is 29.0 Å². The summed E-state index contributed by atoms with van der Waals surface area (Å²) in [5.41, 5.74) is 3.47. The van der Waals surface area contributed by atoms with E-state index >= 15 is 0 Å². The van der Waals surface area contributed by atoms with Crippen molar-refractivity contribution >= 4 is 38.7 Å². The van der Waals surface area contributed by atoms with E-state index in [1.165, 1.54) is 12.1 Å². The average molecular weight is 460 g/mol. The van der Waals surface area contributed by atoms with Crippen molar-refractivity contribution in [2.24, 2.45) is 5.10 Å². The van der Waals surface area contributed by atoms with Crippen molar-refractivity contribution in [3.8, 4) is 0 Å². The van der Waals surface area contributed by atoms with Crippen LogP contribution in [0.3, 0.4) is 0 Å². The second-order valence-corrected chi connectivity index (χ2v) is 9.56. The van der Waals surface area contributed by atoms with E-state index in [2.05, 4.69) is 15.2 Å². The molecule has 3 rings (SSSR count). The first kappa shape index (κ1) is 22.6. The fourth-order valence-corrected chi connectivity index (χ4v) is 4.76. The Morgan fingerprint density at radius 3 is 2.35 bits per heavy atom. The molecule has 0 saturated carbocycles. The number of carbonyl (C=O) groups is 1. The van der Waals surface area contributed by atoms with E-state index < -0.39 is 15.8 Å². The Morgan fingerprint density at radius 2 is 1.74 bits per heavy atom. The number of nitrogens with one attached hydrogen (secondary N) is 2. The summed E-state index contributed by atoms with van der Waals surface area (Å²) in [6, 6.07) is 11.4. The van der Waals surface area contributed by atoms with Crippen LogP contribution in [0.15, 0.2) is 63.9 Å². The molecule has 6 nitrogen and oxygen atoms in total. The largest absolute Gasteiger partial charge is 0.322 e. The number of nitrogens with zero attached hydrogens (tertiary/aromatic N) is 1. The summed E-state index contributed by atoms with van der Waals surface area (Å²) in [6.07, 6.45) is 0.792. The summed E-state index contributed by atoms with van der Waals surface area (Å²) in [6.45, 7) is 5.68. The fraction of sp³-hybridized carbons (Fsp3) is 0.182. The third kappa shape index (κ3) is 5.36. The van der Waals surface area contributed by atoms with E-state index in [-0.39, 0.29) is 10.8 Å². The standard InChI is InChI=1S/C22H22FN3O3S2/c1-4-20-15(3)30-13-21(20)22(27)24-18-9-5-16(6-10-18)14(2)25-26-31(28,29)19-11-7-17(23)8-12-19/h5-13,26H,4H2,1-3H3,(H,24,27). The molecule has 1 aromatic heterocycles. The van der Waals surface area contributed by atoms with E-state index in [1.807, 2.05) is 19.2 Å². The monoisotopic (exact) mass is 459 g/mol. The summed E-state index contributed by atoms with van der Waals surface area (Å²) in [7, 11) is -3.90. The highest BCUT2D eigenvalue weighted by molar-refractivity contribution is 7.89. The van der Waals surface area contributed by atoms with Crippen molar-refractivity contribution in [1.82, 2.24) is 4.83 Å². The number of thiophene rings is 1. The normalized spacial score (nSPS) is 11.9. The van der Waals surface area contributed by atoms with Crippen molar-refractivity contribution in [1.29, 1.82) is 0 Å². The number of hydrogen-bond donors (Lipinski definition) is 2. The van der Waals surface area contributed by atoms with Crippen LogP contribution in [0.1, 0.15) is 40.2 Å². The molecule has 0 unspecified atom stereocenters. The number of halogens is 1. The van der Waals surface area contributed by atoms with Crippen molar-refractivity contribution in [3.63, 3.8) is 0 Å². The van der Waals surface area contributed by atoms with Gasteiger partial charge in [0.05, 0.1) is 16.2 Å². The molecule has 0 fully saturated rings. The number of anilines is 1. The Kier molecular flexibility index (Phi) is 6.87. The molecule has 2 aromatic carbocycles. The van der Waals surface area contributed by atoms with Crippen molar-refractivity contribution in [2.45, 2.75) is 32.1 Å². The smallest absolute Gasteiger partial charge is 0.276 e. The molecule has 0 aliphatic carbocycles. The molecular weight excluding hydrogens is 437 g/mol. The second kappa shape index (κ2) is 9.40. The highest BCUT2D eigenvalue weighted by atomic mass is 32.2. The van der Waals surface area contributed by atoms with Gasteiger partial charge in [-0.3, -0.25) is 4.79 Å². The zero-order chi connectivity index (χ0) is 22.6. The first-order valence-corrected chi connectivity index (χ1v) is 11.9. The molecule has 0 atom stereocenters. The van der Waals surface area contributed by atoms with Gasteiger partial charge in [-0.2, -0.15) is 18.4 Å². The lowest BCUT2D eigenvalue weighted by Crippen LogP contribution is -2.20. The summed E-state index contributed by atoms with van der Waals surface area (Å²) in [4.78, 5) is 15.8. The molecule has 3 aromatic rings. The minimum Gasteiger partial charge on any atom is -0.322 e. The second-order valence-electron chi connectivity index (χ2n) is 6.82. The van der Waals surface area contributed by atoms with E-state index in [1.54, 1.807) is 42.5 Å². The maximum atomic E-state index is 13.0. The summed E-state index contributed by atoms with van der Waals surface area (Å²) >= 11 is 1.56. The van der Waals surface area contributed by atoms with Crippen LogP contribution in [0.25, 0.3) is 0 Å². The zero-order valence-electron chi connectivity index (χ0n) is 17.3. The van der Waals surface area contributed by atoms with E-state index in [9.17, 15) is 17.6 Å². The molecule has 0 saturated heterocycles. The molecule has 1 amide bonds. The highest BCUT2D eigenvalue weighted by Gasteiger charge is 2.15. The molecule has 0 spiro atoms. The van der Waals surface area contributed by atoms with Gasteiger partial charge < -0.3 is 5.32 Å². The number of hydrazone groups is 1. The van der Waals surface area contributed by atoms with Crippen LogP contribution in [0.4, 0.5) is 10.1 Å². The van der Waals surface area contributed by atoms with Crippen LogP contribution < -0.4 is 10.1 Å². The fourth-order valence-electron chi connectivity index (χ4n) is 2.96. The molecule has 0 radical (unpaired) electrons. The SMILES string of the molecule is CCc1c(C(=O)Nc2ccc(C(C)=NNS(=O)(=O)c3ccc(F)cc3)cc2)csc1C. The number of hydrogen-bond acceptors (Lipinski definition) is 5. The Labute approximate surface area is 184 Å². The van der Waals surface area contributed by atoms with Crippen LogP contribution >= 0.6 is 11.3 Å². The molecule has 0 aliphatic rings. The molecule has 2 N–H and O–H groups in total. The lowest BCUT2D eigenvalue weighted by molar-refractivity contribution is 0.102. The third-order valence-electron chi connectivity index (χ3n) is 4.72. The van der Waals surface area contributed by atoms with Crippen LogP contribution in [-0.4, -0.2) is 20.0 Å². The Balaban J connectivity index is 1.69. The minimum absolute atomic E-state index is 0.0846. The summed E-state index contributed by atoms with van der Waals surface area (Å²) < 4.78 is 37.5. The van der Waals surface area contributed by atoms with Gasteiger partial charge in [-0.1, -0.05) is 19.1 Å². The Morgan fingerprint density at radius 1 is 1.10 bits per heavy atom. The van der Waals surface area contributed by atoms with Gasteiger partial charge in [0.25, 0.3) is 15.9 Å². The quantitative estimate of drug-likeness (QED) is 0.396. The molecule has 0 aliphatic heterocycles. The molecule has 9 heteroatoms. The number of sulfonamides is 1. The van der Waals surface area contributed by atoms with Gasteiger partial charge in [0.15, 0.2) is 0 Å². The topological polar surface area (TPSA) is 87.6 Å². The lowest BCUT2D eigenvalue weighted by atomic mass is 10.1. The predicted molar refractivity (Wildman–Crippen MR) is 122 cm³/mol. The molecule has 31 heavy (non-hydrogen) atoms. The number of rotatable bonds is 7. The van der Waals surface area contributed by atoms with Gasteiger partial charge in [0, 0.05) is 15.9 Å². The highest BCUT2D eigenvalue weighted by Crippen LogP contribution is 2.23. The van der Waals surface area contributed by atoms with Crippen molar-refractivity contribution in [2.75, 3.05) is 5.32 Å². The Hall–Kier alpha value is -3.04. The van der Waals surface area contributed by atoms with Gasteiger partial charge >= 0.3 is 0 Å². The van der Waals surface area contributed by atoms with E-state index in [0.29, 0.717) is 22.5 Å². The molecule has 162 valence electrons. The molecule has 1 heterocycles. The molecule has 0 bridgehead atoms. The first-order chi connectivity index (χ1) is 14.7. The van der Waals surface area contributed by atoms with Crippen molar-refractivity contribution in [3.05, 3.63) is 81.3 Å². The van der Waals surface area contributed by atoms with Gasteiger partial charge in [-0.05, 0) is 67.8 Å². The zero-order valence-corrected chi connectivity index (χ0v) is 18.9. The van der Waals surface area contributed by atoms with Crippen LogP contribution in [0, 0.1) is 12.7 Å². The van der Waals surface area contributed by atoms with Crippen LogP contribution in [-0.2, 0) is 16.4 Å². The van der Waals surface area contributed by atoms with Crippen LogP contribution in [0.5, 0.6) is 0 Å². The van der Waals surface area contributed by atoms with Gasteiger partial charge in [-0.15, -0.1) is 11.3 Å². The van der Waals surface area contributed by atoms with Gasteiger partial charge in [0.1, 0.15) is 5.82 Å². The third-order valence-corrected chi connectivity index (χ3v) is 6.90. The molecular formula is C22H22FN3O3S2. The number of amides is 1. The Bertz CT molecular complexity index is 1220. The van der Waals surface area contributed by atoms with Gasteiger partial charge in [-0.25, -0.2) is 4.39 Å². The predicted octanol–water partition coefficient (Wildman–Crippen LogP) is 4.71. The van der Waals surface area contributed by atoms with Gasteiger partial charge in [0.2, 0.25) is 0 Å². The number of benzene rings is 2. The minimum atomic E-state index is -3.90.